The first-order valence-electron chi connectivity index (χ1n) is 11.3. The molecule has 0 fully saturated rings. The molecular formula is C27H30N3O6P. The van der Waals surface area contributed by atoms with Gasteiger partial charge in [0.05, 0.1) is 40.2 Å². The summed E-state index contributed by atoms with van der Waals surface area (Å²) in [5.74, 6) is 1.36. The van der Waals surface area contributed by atoms with Gasteiger partial charge >= 0.3 is 0 Å². The highest BCUT2D eigenvalue weighted by atomic mass is 31.1. The van der Waals surface area contributed by atoms with E-state index in [9.17, 15) is 15.3 Å². The van der Waals surface area contributed by atoms with Crippen molar-refractivity contribution in [3.8, 4) is 34.5 Å². The molecule has 3 rings (SSSR count). The maximum absolute atomic E-state index is 9.79. The highest BCUT2D eigenvalue weighted by Crippen LogP contribution is 2.36. The van der Waals surface area contributed by atoms with E-state index >= 15 is 0 Å². The summed E-state index contributed by atoms with van der Waals surface area (Å²) in [6.45, 7) is 0. The first-order valence-corrected chi connectivity index (χ1v) is 13.2. The molecule has 0 unspecified atom stereocenters. The minimum atomic E-state index is -0.738. The van der Waals surface area contributed by atoms with E-state index in [4.69, 9.17) is 14.2 Å². The fourth-order valence-electron chi connectivity index (χ4n) is 3.24. The van der Waals surface area contributed by atoms with Crippen LogP contribution in [-0.4, -0.2) is 74.2 Å². The van der Waals surface area contributed by atoms with Crippen LogP contribution in [0.4, 0.5) is 0 Å². The molecule has 0 spiro atoms. The van der Waals surface area contributed by atoms with E-state index < -0.39 is 7.92 Å². The smallest absolute Gasteiger partial charge is 0.161 e. The third-order valence-corrected chi connectivity index (χ3v) is 6.87. The Labute approximate surface area is 217 Å². The quantitative estimate of drug-likeness (QED) is 0.230. The summed E-state index contributed by atoms with van der Waals surface area (Å²) in [4.78, 5) is 13.8. The van der Waals surface area contributed by atoms with Crippen LogP contribution in [0.25, 0.3) is 0 Å². The van der Waals surface area contributed by atoms with Crippen LogP contribution in [-0.2, 0) is 0 Å². The Morgan fingerprint density at radius 1 is 0.568 bits per heavy atom. The molecule has 0 aliphatic heterocycles. The molecule has 0 saturated carbocycles. The normalized spacial score (nSPS) is 11.7. The van der Waals surface area contributed by atoms with Gasteiger partial charge in [-0.15, -0.1) is 0 Å². The lowest BCUT2D eigenvalue weighted by molar-refractivity contribution is 0.373. The lowest BCUT2D eigenvalue weighted by Crippen LogP contribution is -1.94. The van der Waals surface area contributed by atoms with Crippen LogP contribution >= 0.6 is 7.92 Å². The molecule has 194 valence electrons. The molecule has 0 bridgehead atoms. The minimum absolute atomic E-state index is 0.0716. The largest absolute Gasteiger partial charge is 0.504 e. The zero-order chi connectivity index (χ0) is 26.6. The van der Waals surface area contributed by atoms with Crippen molar-refractivity contribution in [2.24, 2.45) is 15.0 Å². The molecule has 37 heavy (non-hydrogen) atoms. The summed E-state index contributed by atoms with van der Waals surface area (Å²) < 4.78 is 15.5. The average Bonchev–Trinajstić information content (AvgIpc) is 2.91. The molecule has 3 N–H and O–H groups in total. The van der Waals surface area contributed by atoms with E-state index in [1.54, 1.807) is 73.2 Å². The van der Waals surface area contributed by atoms with E-state index in [0.29, 0.717) is 36.1 Å². The van der Waals surface area contributed by atoms with Crippen LogP contribution in [0.2, 0.25) is 0 Å². The number of methoxy groups -OCH3 is 3. The molecule has 10 heteroatoms. The molecular weight excluding hydrogens is 493 g/mol. The summed E-state index contributed by atoms with van der Waals surface area (Å²) in [7, 11) is 3.76. The van der Waals surface area contributed by atoms with E-state index in [0.717, 1.165) is 16.7 Å². The van der Waals surface area contributed by atoms with Crippen LogP contribution in [0.5, 0.6) is 34.5 Å². The molecule has 0 radical (unpaired) electrons. The number of nitrogens with zero attached hydrogens (tertiary/aromatic N) is 3. The topological polar surface area (TPSA) is 125 Å². The maximum Gasteiger partial charge on any atom is 0.161 e. The molecule has 0 aromatic heterocycles. The Hall–Kier alpha value is -4.10. The molecule has 0 aliphatic carbocycles. The molecule has 0 saturated heterocycles. The van der Waals surface area contributed by atoms with Crippen molar-refractivity contribution in [2.75, 3.05) is 40.2 Å². The van der Waals surface area contributed by atoms with Crippen molar-refractivity contribution in [3.63, 3.8) is 0 Å². The van der Waals surface area contributed by atoms with E-state index in [-0.39, 0.29) is 17.2 Å². The SMILES string of the molecule is COc1cc(/C=N/CP(C/N=C/c2ccc(O)c(OC)c2)C/N=C/c2ccc(O)c(OC)c2)ccc1O. The van der Waals surface area contributed by atoms with Gasteiger partial charge in [0, 0.05) is 18.6 Å². The van der Waals surface area contributed by atoms with Crippen molar-refractivity contribution in [1.29, 1.82) is 0 Å². The first kappa shape index (κ1) is 27.5. The van der Waals surface area contributed by atoms with E-state index in [1.165, 1.54) is 21.3 Å². The van der Waals surface area contributed by atoms with Gasteiger partial charge in [0.2, 0.25) is 0 Å². The van der Waals surface area contributed by atoms with Crippen molar-refractivity contribution < 1.29 is 29.5 Å². The molecule has 0 atom stereocenters. The highest BCUT2D eigenvalue weighted by molar-refractivity contribution is 7.57. The standard InChI is InChI=1S/C27H30N3O6P/c1-34-25-10-19(4-7-22(25)31)13-28-16-37(17-29-14-20-5-8-23(32)26(11-20)35-2)18-30-15-21-6-9-24(33)27(12-21)36-3/h4-15,31-33H,16-18H2,1-3H3/b28-13+,29-14+,30-15+. The number of hydrogen-bond donors (Lipinski definition) is 3. The monoisotopic (exact) mass is 523 g/mol. The predicted molar refractivity (Wildman–Crippen MR) is 148 cm³/mol. The van der Waals surface area contributed by atoms with Gasteiger partial charge < -0.3 is 29.5 Å². The zero-order valence-electron chi connectivity index (χ0n) is 20.9. The predicted octanol–water partition coefficient (Wildman–Crippen LogP) is 4.84. The maximum atomic E-state index is 9.79. The Kier molecular flexibility index (Phi) is 10.3. The number of phenolic OH excluding ortho intramolecular Hbond substituents is 3. The van der Waals surface area contributed by atoms with Gasteiger partial charge in [-0.3, -0.25) is 15.0 Å². The fourth-order valence-corrected chi connectivity index (χ4v) is 4.45. The molecule has 9 nitrogen and oxygen atoms in total. The Balaban J connectivity index is 1.71. The van der Waals surface area contributed by atoms with Gasteiger partial charge in [-0.2, -0.15) is 0 Å². The van der Waals surface area contributed by atoms with Crippen molar-refractivity contribution >= 4 is 26.6 Å². The van der Waals surface area contributed by atoms with E-state index in [1.807, 2.05) is 0 Å². The van der Waals surface area contributed by atoms with Gasteiger partial charge in [0.1, 0.15) is 0 Å². The Bertz CT molecular complexity index is 1120. The summed E-state index contributed by atoms with van der Waals surface area (Å²) in [6.07, 6.45) is 6.81. The number of rotatable bonds is 12. The summed E-state index contributed by atoms with van der Waals surface area (Å²) in [6, 6.07) is 15.1. The molecule has 0 aliphatic rings. The second-order valence-corrected chi connectivity index (χ2v) is 10.0. The average molecular weight is 524 g/mol. The third kappa shape index (κ3) is 8.22. The number of aliphatic imine (C=N–C) groups is 3. The number of benzene rings is 3. The molecule has 0 heterocycles. The summed E-state index contributed by atoms with van der Waals surface area (Å²) in [5.41, 5.74) is 2.43. The first-order chi connectivity index (χ1) is 17.9. The Morgan fingerprint density at radius 3 is 1.14 bits per heavy atom. The number of aromatic hydroxyl groups is 3. The van der Waals surface area contributed by atoms with Crippen LogP contribution < -0.4 is 14.2 Å². The van der Waals surface area contributed by atoms with Crippen molar-refractivity contribution in [3.05, 3.63) is 71.3 Å². The lowest BCUT2D eigenvalue weighted by atomic mass is 10.2. The number of hydrogen-bond acceptors (Lipinski definition) is 9. The molecule has 0 amide bonds. The van der Waals surface area contributed by atoms with Gasteiger partial charge in [0.15, 0.2) is 34.5 Å². The van der Waals surface area contributed by atoms with Crippen molar-refractivity contribution in [1.82, 2.24) is 0 Å². The van der Waals surface area contributed by atoms with Crippen LogP contribution in [0.15, 0.2) is 69.6 Å². The molecule has 3 aromatic rings. The van der Waals surface area contributed by atoms with Crippen LogP contribution in [0.1, 0.15) is 16.7 Å². The number of phenols is 3. The van der Waals surface area contributed by atoms with E-state index in [2.05, 4.69) is 15.0 Å². The lowest BCUT2D eigenvalue weighted by Gasteiger charge is -2.10. The second-order valence-electron chi connectivity index (χ2n) is 7.82. The summed E-state index contributed by atoms with van der Waals surface area (Å²) in [5, 5.41) is 29.4. The van der Waals surface area contributed by atoms with Gasteiger partial charge in [-0.25, -0.2) is 0 Å². The van der Waals surface area contributed by atoms with Crippen LogP contribution in [0, 0.1) is 0 Å². The van der Waals surface area contributed by atoms with Gasteiger partial charge in [0.25, 0.3) is 0 Å². The Morgan fingerprint density at radius 2 is 0.865 bits per heavy atom. The molecule has 3 aromatic carbocycles. The summed E-state index contributed by atoms with van der Waals surface area (Å²) >= 11 is 0. The highest BCUT2D eigenvalue weighted by Gasteiger charge is 2.07. The zero-order valence-corrected chi connectivity index (χ0v) is 21.8. The van der Waals surface area contributed by atoms with Gasteiger partial charge in [-0.05, 0) is 79.2 Å². The second kappa shape index (κ2) is 13.8. The fraction of sp³-hybridized carbons (Fsp3) is 0.222. The van der Waals surface area contributed by atoms with Gasteiger partial charge in [-0.1, -0.05) is 0 Å². The van der Waals surface area contributed by atoms with Crippen LogP contribution in [0.3, 0.4) is 0 Å². The number of ether oxygens (including phenoxy) is 3. The minimum Gasteiger partial charge on any atom is -0.504 e. The van der Waals surface area contributed by atoms with Crippen molar-refractivity contribution in [2.45, 2.75) is 0 Å². The third-order valence-electron chi connectivity index (χ3n) is 5.18.